The highest BCUT2D eigenvalue weighted by atomic mass is 19.4. The van der Waals surface area contributed by atoms with Crippen molar-refractivity contribution in [3.05, 3.63) is 29.8 Å². The molecule has 1 amide bonds. The molecule has 21 heavy (non-hydrogen) atoms. The minimum atomic E-state index is -4.49. The standard InChI is InChI=1S/C14H17F3N2O2/c1-11-3-2-4-12(9-11)18-5-7-19(8-6-18)13(20)21-10-14(15,16)17/h2-4,9H,5-8,10H2,1H3. The number of anilines is 1. The lowest BCUT2D eigenvalue weighted by molar-refractivity contribution is -0.162. The lowest BCUT2D eigenvalue weighted by Crippen LogP contribution is -2.49. The number of nitrogens with zero attached hydrogens (tertiary/aromatic N) is 2. The number of carbonyl (C=O) groups excluding carboxylic acids is 1. The topological polar surface area (TPSA) is 32.8 Å². The molecular formula is C14H17F3N2O2. The molecule has 1 aromatic carbocycles. The van der Waals surface area contributed by atoms with E-state index < -0.39 is 18.9 Å². The summed E-state index contributed by atoms with van der Waals surface area (Å²) < 4.78 is 40.3. The first-order valence-electron chi connectivity index (χ1n) is 6.65. The maximum Gasteiger partial charge on any atom is 0.422 e. The van der Waals surface area contributed by atoms with Crippen LogP contribution >= 0.6 is 0 Å². The van der Waals surface area contributed by atoms with Crippen molar-refractivity contribution in [2.24, 2.45) is 0 Å². The zero-order chi connectivity index (χ0) is 15.5. The van der Waals surface area contributed by atoms with Crippen LogP contribution in [0.4, 0.5) is 23.7 Å². The predicted octanol–water partition coefficient (Wildman–Crippen LogP) is 2.82. The van der Waals surface area contributed by atoms with Crippen molar-refractivity contribution in [2.45, 2.75) is 13.1 Å². The van der Waals surface area contributed by atoms with Crippen LogP contribution in [0.25, 0.3) is 0 Å². The van der Waals surface area contributed by atoms with Crippen LogP contribution in [0, 0.1) is 6.92 Å². The van der Waals surface area contributed by atoms with Gasteiger partial charge in [-0.1, -0.05) is 12.1 Å². The van der Waals surface area contributed by atoms with Crippen LogP contribution in [0.15, 0.2) is 24.3 Å². The largest absolute Gasteiger partial charge is 0.440 e. The van der Waals surface area contributed by atoms with Crippen molar-refractivity contribution < 1.29 is 22.7 Å². The van der Waals surface area contributed by atoms with Crippen molar-refractivity contribution in [1.29, 1.82) is 0 Å². The summed E-state index contributed by atoms with van der Waals surface area (Å²) in [5, 5.41) is 0. The van der Waals surface area contributed by atoms with Gasteiger partial charge in [0.1, 0.15) is 0 Å². The molecule has 0 atom stereocenters. The second kappa shape index (κ2) is 6.24. The summed E-state index contributed by atoms with van der Waals surface area (Å²) in [7, 11) is 0. The maximum atomic E-state index is 12.0. The Morgan fingerprint density at radius 2 is 1.90 bits per heavy atom. The summed E-state index contributed by atoms with van der Waals surface area (Å²) in [4.78, 5) is 14.9. The summed E-state index contributed by atoms with van der Waals surface area (Å²) in [6.45, 7) is 2.31. The van der Waals surface area contributed by atoms with Crippen molar-refractivity contribution >= 4 is 11.8 Å². The summed E-state index contributed by atoms with van der Waals surface area (Å²) in [6, 6.07) is 7.96. The van der Waals surface area contributed by atoms with Crippen molar-refractivity contribution in [2.75, 3.05) is 37.7 Å². The van der Waals surface area contributed by atoms with Gasteiger partial charge in [-0.15, -0.1) is 0 Å². The molecule has 116 valence electrons. The average molecular weight is 302 g/mol. The second-order valence-corrected chi connectivity index (χ2v) is 4.98. The third-order valence-electron chi connectivity index (χ3n) is 3.26. The van der Waals surface area contributed by atoms with Gasteiger partial charge in [-0.05, 0) is 24.6 Å². The minimum absolute atomic E-state index is 0.352. The quantitative estimate of drug-likeness (QED) is 0.842. The molecule has 0 saturated carbocycles. The van der Waals surface area contributed by atoms with Crippen molar-refractivity contribution in [3.8, 4) is 0 Å². The average Bonchev–Trinajstić information content (AvgIpc) is 2.44. The van der Waals surface area contributed by atoms with Gasteiger partial charge in [0, 0.05) is 31.9 Å². The first-order valence-corrected chi connectivity index (χ1v) is 6.65. The zero-order valence-corrected chi connectivity index (χ0v) is 11.7. The van der Waals surface area contributed by atoms with E-state index in [4.69, 9.17) is 0 Å². The Hall–Kier alpha value is -1.92. The molecule has 1 saturated heterocycles. The summed E-state index contributed by atoms with van der Waals surface area (Å²) in [5.41, 5.74) is 2.19. The highest BCUT2D eigenvalue weighted by Crippen LogP contribution is 2.19. The van der Waals surface area contributed by atoms with Gasteiger partial charge in [0.2, 0.25) is 0 Å². The third-order valence-corrected chi connectivity index (χ3v) is 3.26. The van der Waals surface area contributed by atoms with Gasteiger partial charge in [-0.3, -0.25) is 0 Å². The minimum Gasteiger partial charge on any atom is -0.440 e. The Kier molecular flexibility index (Phi) is 4.59. The molecule has 1 aliphatic heterocycles. The molecular weight excluding hydrogens is 285 g/mol. The number of piperazine rings is 1. The van der Waals surface area contributed by atoms with Crippen LogP contribution in [0.1, 0.15) is 5.56 Å². The molecule has 4 nitrogen and oxygen atoms in total. The number of rotatable bonds is 2. The van der Waals surface area contributed by atoms with E-state index in [2.05, 4.69) is 9.64 Å². The van der Waals surface area contributed by atoms with Crippen molar-refractivity contribution in [1.82, 2.24) is 4.90 Å². The maximum absolute atomic E-state index is 12.0. The Morgan fingerprint density at radius 1 is 1.24 bits per heavy atom. The SMILES string of the molecule is Cc1cccc(N2CCN(C(=O)OCC(F)(F)F)CC2)c1. The molecule has 0 N–H and O–H groups in total. The fourth-order valence-electron chi connectivity index (χ4n) is 2.21. The van der Waals surface area contributed by atoms with Crippen LogP contribution in [0.2, 0.25) is 0 Å². The molecule has 7 heteroatoms. The van der Waals surface area contributed by atoms with Gasteiger partial charge in [-0.25, -0.2) is 4.79 Å². The second-order valence-electron chi connectivity index (χ2n) is 4.98. The van der Waals surface area contributed by atoms with Crippen LogP contribution in [0.5, 0.6) is 0 Å². The molecule has 0 radical (unpaired) electrons. The first kappa shape index (κ1) is 15.5. The van der Waals surface area contributed by atoms with Gasteiger partial charge < -0.3 is 14.5 Å². The number of ether oxygens (including phenoxy) is 1. The van der Waals surface area contributed by atoms with E-state index in [0.717, 1.165) is 11.3 Å². The fraction of sp³-hybridized carbons (Fsp3) is 0.500. The van der Waals surface area contributed by atoms with E-state index in [1.165, 1.54) is 4.90 Å². The molecule has 1 heterocycles. The molecule has 0 spiro atoms. The van der Waals surface area contributed by atoms with Crippen LogP contribution in [0.3, 0.4) is 0 Å². The molecule has 1 aliphatic rings. The fourth-order valence-corrected chi connectivity index (χ4v) is 2.21. The van der Waals surface area contributed by atoms with E-state index in [1.54, 1.807) is 0 Å². The highest BCUT2D eigenvalue weighted by molar-refractivity contribution is 5.68. The number of amides is 1. The Morgan fingerprint density at radius 3 is 2.48 bits per heavy atom. The van der Waals surface area contributed by atoms with Gasteiger partial charge in [0.25, 0.3) is 0 Å². The number of carbonyl (C=O) groups is 1. The van der Waals surface area contributed by atoms with E-state index in [1.807, 2.05) is 31.2 Å². The normalized spacial score (nSPS) is 16.0. The smallest absolute Gasteiger partial charge is 0.422 e. The number of alkyl halides is 3. The van der Waals surface area contributed by atoms with Crippen LogP contribution in [-0.4, -0.2) is 50.0 Å². The lowest BCUT2D eigenvalue weighted by Gasteiger charge is -2.35. The van der Waals surface area contributed by atoms with Gasteiger partial charge in [0.05, 0.1) is 0 Å². The van der Waals surface area contributed by atoms with Gasteiger partial charge >= 0.3 is 12.3 Å². The van der Waals surface area contributed by atoms with Crippen LogP contribution < -0.4 is 4.90 Å². The predicted molar refractivity (Wildman–Crippen MR) is 72.4 cm³/mol. The number of aryl methyl sites for hydroxylation is 1. The Labute approximate surface area is 121 Å². The highest BCUT2D eigenvalue weighted by Gasteiger charge is 2.31. The number of halogens is 3. The van der Waals surface area contributed by atoms with E-state index >= 15 is 0 Å². The zero-order valence-electron chi connectivity index (χ0n) is 11.7. The van der Waals surface area contributed by atoms with E-state index in [9.17, 15) is 18.0 Å². The molecule has 0 aliphatic carbocycles. The van der Waals surface area contributed by atoms with Crippen LogP contribution in [-0.2, 0) is 4.74 Å². The summed E-state index contributed by atoms with van der Waals surface area (Å²) >= 11 is 0. The summed E-state index contributed by atoms with van der Waals surface area (Å²) in [5.74, 6) is 0. The Bertz CT molecular complexity index is 497. The molecule has 1 fully saturated rings. The number of hydrogen-bond donors (Lipinski definition) is 0. The van der Waals surface area contributed by atoms with Gasteiger partial charge in [-0.2, -0.15) is 13.2 Å². The molecule has 0 aromatic heterocycles. The first-order chi connectivity index (χ1) is 9.85. The van der Waals surface area contributed by atoms with E-state index in [0.29, 0.717) is 26.2 Å². The van der Waals surface area contributed by atoms with E-state index in [-0.39, 0.29) is 0 Å². The third kappa shape index (κ3) is 4.54. The molecule has 2 rings (SSSR count). The molecule has 0 bridgehead atoms. The number of hydrogen-bond acceptors (Lipinski definition) is 3. The number of benzene rings is 1. The van der Waals surface area contributed by atoms with Crippen molar-refractivity contribution in [3.63, 3.8) is 0 Å². The lowest BCUT2D eigenvalue weighted by atomic mass is 10.2. The van der Waals surface area contributed by atoms with Gasteiger partial charge in [0.15, 0.2) is 6.61 Å². The Balaban J connectivity index is 1.84. The summed E-state index contributed by atoms with van der Waals surface area (Å²) in [6.07, 6.45) is -5.39. The molecule has 0 unspecified atom stereocenters. The monoisotopic (exact) mass is 302 g/mol. The molecule has 1 aromatic rings.